The van der Waals surface area contributed by atoms with Crippen LogP contribution in [-0.4, -0.2) is 60.9 Å². The number of fused-ring (bicyclic) bond motifs is 5. The van der Waals surface area contributed by atoms with Gasteiger partial charge in [-0.2, -0.15) is 0 Å². The second-order valence-corrected chi connectivity index (χ2v) is 10.2. The third kappa shape index (κ3) is 4.70. The van der Waals surface area contributed by atoms with Crippen LogP contribution in [0.5, 0.6) is 5.75 Å². The highest BCUT2D eigenvalue weighted by Crippen LogP contribution is 2.43. The second-order valence-electron chi connectivity index (χ2n) is 9.16. The van der Waals surface area contributed by atoms with E-state index in [1.807, 2.05) is 35.3 Å². The average molecular weight is 495 g/mol. The Labute approximate surface area is 211 Å². The summed E-state index contributed by atoms with van der Waals surface area (Å²) in [5.74, 6) is 0.807. The molecule has 8 heteroatoms. The van der Waals surface area contributed by atoms with Gasteiger partial charge in [0.25, 0.3) is 0 Å². The number of hydrogen-bond donors (Lipinski definition) is 1. The molecule has 0 spiro atoms. The van der Waals surface area contributed by atoms with E-state index in [9.17, 15) is 4.79 Å². The number of hydrogen-bond acceptors (Lipinski definition) is 5. The average Bonchev–Trinajstić information content (AvgIpc) is 3.45. The molecule has 186 valence electrons. The number of amides is 2. The first-order chi connectivity index (χ1) is 17.1. The molecule has 2 aliphatic rings. The second kappa shape index (κ2) is 10.4. The van der Waals surface area contributed by atoms with Crippen molar-refractivity contribution in [1.82, 2.24) is 19.7 Å². The predicted molar refractivity (Wildman–Crippen MR) is 139 cm³/mol. The minimum atomic E-state index is -0.204. The van der Waals surface area contributed by atoms with Gasteiger partial charge in [-0.05, 0) is 62.2 Å². The highest BCUT2D eigenvalue weighted by Gasteiger charge is 2.36. The van der Waals surface area contributed by atoms with E-state index in [2.05, 4.69) is 52.3 Å². The number of ether oxygens (including phenoxy) is 2. The molecule has 0 bridgehead atoms. The summed E-state index contributed by atoms with van der Waals surface area (Å²) in [5, 5.41) is 4.41. The lowest BCUT2D eigenvalue weighted by atomic mass is 10.00. The van der Waals surface area contributed by atoms with Gasteiger partial charge in [0.05, 0.1) is 25.4 Å². The minimum Gasteiger partial charge on any atom is -0.497 e. The van der Waals surface area contributed by atoms with Gasteiger partial charge in [-0.1, -0.05) is 12.1 Å². The summed E-state index contributed by atoms with van der Waals surface area (Å²) in [6.45, 7) is 6.51. The summed E-state index contributed by atoms with van der Waals surface area (Å²) in [6.07, 6.45) is 3.95. The Morgan fingerprint density at radius 3 is 2.77 bits per heavy atom. The van der Waals surface area contributed by atoms with Crippen LogP contribution in [0.4, 0.5) is 4.79 Å². The van der Waals surface area contributed by atoms with Crippen LogP contribution < -0.4 is 10.1 Å². The molecule has 1 aromatic carbocycles. The fourth-order valence-corrected chi connectivity index (χ4v) is 6.55. The van der Waals surface area contributed by atoms with Crippen LogP contribution >= 0.6 is 11.3 Å². The number of nitrogens with one attached hydrogen (secondary N) is 1. The Morgan fingerprint density at radius 1 is 1.17 bits per heavy atom. The van der Waals surface area contributed by atoms with E-state index in [0.29, 0.717) is 26.3 Å². The molecular formula is C27H34N4O3S. The van der Waals surface area contributed by atoms with Gasteiger partial charge in [0, 0.05) is 49.5 Å². The number of carbonyl (C=O) groups is 1. The van der Waals surface area contributed by atoms with Crippen molar-refractivity contribution < 1.29 is 14.3 Å². The monoisotopic (exact) mass is 494 g/mol. The van der Waals surface area contributed by atoms with Crippen LogP contribution in [0, 0.1) is 0 Å². The van der Waals surface area contributed by atoms with Gasteiger partial charge in [-0.3, -0.25) is 0 Å². The molecule has 1 N–H and O–H groups in total. The topological polar surface area (TPSA) is 59.0 Å². The molecule has 0 radical (unpaired) electrons. The summed E-state index contributed by atoms with van der Waals surface area (Å²) in [5.41, 5.74) is 4.88. The Balaban J connectivity index is 1.55. The van der Waals surface area contributed by atoms with E-state index in [-0.39, 0.29) is 12.1 Å². The van der Waals surface area contributed by atoms with Crippen molar-refractivity contribution in [2.45, 2.75) is 38.9 Å². The lowest BCUT2D eigenvalue weighted by Crippen LogP contribution is -2.42. The van der Waals surface area contributed by atoms with Crippen molar-refractivity contribution in [2.75, 3.05) is 40.5 Å². The SMILES string of the molecule is CCOCCCNC(=O)N1Cc2c(sc3c2CCN(C)C3)-n2cccc2C1c1ccc(OC)cc1. The van der Waals surface area contributed by atoms with Crippen molar-refractivity contribution in [2.24, 2.45) is 0 Å². The van der Waals surface area contributed by atoms with Crippen molar-refractivity contribution in [3.63, 3.8) is 0 Å². The van der Waals surface area contributed by atoms with Gasteiger partial charge in [0.15, 0.2) is 0 Å². The van der Waals surface area contributed by atoms with Gasteiger partial charge in [0.2, 0.25) is 0 Å². The molecule has 2 amide bonds. The normalized spacial score (nSPS) is 17.3. The number of urea groups is 1. The number of aromatic nitrogens is 1. The molecule has 0 fully saturated rings. The number of thiophene rings is 1. The molecule has 2 aliphatic heterocycles. The molecule has 3 aromatic rings. The maximum atomic E-state index is 13.7. The number of rotatable bonds is 7. The number of likely N-dealkylation sites (N-methyl/N-ethyl adjacent to an activating group) is 1. The zero-order chi connectivity index (χ0) is 24.4. The van der Waals surface area contributed by atoms with Gasteiger partial charge in [-0.15, -0.1) is 11.3 Å². The van der Waals surface area contributed by atoms with E-state index >= 15 is 0 Å². The number of nitrogens with zero attached hydrogens (tertiary/aromatic N) is 3. The first kappa shape index (κ1) is 23.9. The fraction of sp³-hybridized carbons (Fsp3) is 0.444. The van der Waals surface area contributed by atoms with Crippen LogP contribution in [0.1, 0.15) is 46.6 Å². The molecule has 0 saturated carbocycles. The van der Waals surface area contributed by atoms with E-state index in [1.54, 1.807) is 7.11 Å². The Hall–Kier alpha value is -2.81. The van der Waals surface area contributed by atoms with Gasteiger partial charge in [-0.25, -0.2) is 4.79 Å². The Morgan fingerprint density at radius 2 is 2.00 bits per heavy atom. The third-order valence-electron chi connectivity index (χ3n) is 6.89. The number of methoxy groups -OCH3 is 1. The van der Waals surface area contributed by atoms with Crippen LogP contribution in [0.3, 0.4) is 0 Å². The van der Waals surface area contributed by atoms with Crippen LogP contribution in [-0.2, 0) is 24.2 Å². The quantitative estimate of drug-likeness (QED) is 0.489. The summed E-state index contributed by atoms with van der Waals surface area (Å²) in [4.78, 5) is 19.5. The zero-order valence-corrected chi connectivity index (χ0v) is 21.6. The predicted octanol–water partition coefficient (Wildman–Crippen LogP) is 4.58. The summed E-state index contributed by atoms with van der Waals surface area (Å²) in [6, 6.07) is 12.1. The van der Waals surface area contributed by atoms with E-state index < -0.39 is 0 Å². The molecule has 4 heterocycles. The minimum absolute atomic E-state index is 0.0456. The molecule has 0 aliphatic carbocycles. The van der Waals surface area contributed by atoms with Gasteiger partial charge >= 0.3 is 6.03 Å². The first-order valence-corrected chi connectivity index (χ1v) is 13.2. The third-order valence-corrected chi connectivity index (χ3v) is 8.15. The summed E-state index contributed by atoms with van der Waals surface area (Å²) >= 11 is 1.87. The van der Waals surface area contributed by atoms with Crippen LogP contribution in [0.2, 0.25) is 0 Å². The maximum Gasteiger partial charge on any atom is 0.318 e. The number of carbonyl (C=O) groups excluding carboxylic acids is 1. The Kier molecular flexibility index (Phi) is 7.13. The van der Waals surface area contributed by atoms with Crippen molar-refractivity contribution in [1.29, 1.82) is 0 Å². The standard InChI is InChI=1S/C27H34N4O3S/c1-4-34-16-6-13-28-27(32)31-17-22-21-12-15-29(2)18-24(21)35-26(22)30-14-5-7-23(30)25(31)19-8-10-20(33-3)11-9-19/h5,7-11,14,25H,4,6,12-13,15-18H2,1-3H3,(H,28,32). The molecule has 2 aromatic heterocycles. The van der Waals surface area contributed by atoms with Crippen LogP contribution in [0.25, 0.3) is 5.00 Å². The van der Waals surface area contributed by atoms with Gasteiger partial charge < -0.3 is 29.2 Å². The molecule has 0 saturated heterocycles. The maximum absolute atomic E-state index is 13.7. The highest BCUT2D eigenvalue weighted by atomic mass is 32.1. The fourth-order valence-electron chi connectivity index (χ4n) is 5.10. The first-order valence-electron chi connectivity index (χ1n) is 12.4. The molecule has 1 unspecified atom stereocenters. The van der Waals surface area contributed by atoms with E-state index in [1.165, 1.54) is 21.0 Å². The molecule has 7 nitrogen and oxygen atoms in total. The lowest BCUT2D eigenvalue weighted by molar-refractivity contribution is 0.143. The Bertz CT molecular complexity index is 1170. The molecular weight excluding hydrogens is 460 g/mol. The largest absolute Gasteiger partial charge is 0.497 e. The van der Waals surface area contributed by atoms with E-state index in [0.717, 1.165) is 42.9 Å². The zero-order valence-electron chi connectivity index (χ0n) is 20.8. The summed E-state index contributed by atoms with van der Waals surface area (Å²) < 4.78 is 13.1. The smallest absolute Gasteiger partial charge is 0.318 e. The molecule has 35 heavy (non-hydrogen) atoms. The van der Waals surface area contributed by atoms with Crippen LogP contribution in [0.15, 0.2) is 42.6 Å². The van der Waals surface area contributed by atoms with Crippen molar-refractivity contribution >= 4 is 17.4 Å². The molecule has 1 atom stereocenters. The number of benzene rings is 1. The lowest BCUT2D eigenvalue weighted by Gasteiger charge is -2.32. The van der Waals surface area contributed by atoms with Crippen molar-refractivity contribution in [3.8, 4) is 10.8 Å². The van der Waals surface area contributed by atoms with E-state index in [4.69, 9.17) is 9.47 Å². The van der Waals surface area contributed by atoms with Crippen molar-refractivity contribution in [3.05, 3.63) is 69.9 Å². The summed E-state index contributed by atoms with van der Waals surface area (Å²) in [7, 11) is 3.85. The van der Waals surface area contributed by atoms with Gasteiger partial charge in [0.1, 0.15) is 10.8 Å². The molecule has 5 rings (SSSR count). The highest BCUT2D eigenvalue weighted by molar-refractivity contribution is 7.15.